The minimum atomic E-state index is -1.24. The van der Waals surface area contributed by atoms with Gasteiger partial charge in [0, 0.05) is 12.2 Å². The van der Waals surface area contributed by atoms with Crippen molar-refractivity contribution < 1.29 is 23.1 Å². The number of benzene rings is 2. The van der Waals surface area contributed by atoms with Crippen molar-refractivity contribution in [1.29, 1.82) is 0 Å². The normalized spacial score (nSPS) is 11.6. The van der Waals surface area contributed by atoms with E-state index in [-0.39, 0.29) is 5.56 Å². The summed E-state index contributed by atoms with van der Waals surface area (Å²) < 4.78 is 32.4. The Labute approximate surface area is 156 Å². The molecule has 0 bridgehead atoms. The first-order valence-corrected chi connectivity index (χ1v) is 8.72. The van der Waals surface area contributed by atoms with Gasteiger partial charge in [-0.1, -0.05) is 31.5 Å². The number of para-hydroxylation sites is 2. The maximum Gasteiger partial charge on any atom is 0.341 e. The third-order valence-corrected chi connectivity index (χ3v) is 3.86. The molecule has 0 spiro atoms. The number of hydrogen-bond donors (Lipinski definition) is 2. The van der Waals surface area contributed by atoms with E-state index in [0.29, 0.717) is 12.2 Å². The van der Waals surface area contributed by atoms with Gasteiger partial charge in [0.25, 0.3) is 5.91 Å². The summed E-state index contributed by atoms with van der Waals surface area (Å²) in [5, 5.41) is 5.26. The molecule has 0 aliphatic heterocycles. The molecule has 0 saturated carbocycles. The van der Waals surface area contributed by atoms with Crippen molar-refractivity contribution in [3.05, 3.63) is 59.7 Å². The fourth-order valence-electron chi connectivity index (χ4n) is 2.33. The maximum atomic E-state index is 13.6. The average Bonchev–Trinajstić information content (AvgIpc) is 2.65. The average molecular weight is 376 g/mol. The summed E-state index contributed by atoms with van der Waals surface area (Å²) in [6.07, 6.45) is 0.708. The number of nitrogens with one attached hydrogen (secondary N) is 2. The second-order valence-corrected chi connectivity index (χ2v) is 5.96. The molecule has 1 atom stereocenters. The number of carbonyl (C=O) groups is 2. The van der Waals surface area contributed by atoms with Crippen LogP contribution in [0.15, 0.2) is 42.5 Å². The lowest BCUT2D eigenvalue weighted by molar-refractivity contribution is -0.123. The van der Waals surface area contributed by atoms with Crippen LogP contribution in [0.3, 0.4) is 0 Å². The summed E-state index contributed by atoms with van der Waals surface area (Å²) in [5.41, 5.74) is 0.307. The molecule has 144 valence electrons. The number of anilines is 2. The van der Waals surface area contributed by atoms with E-state index in [4.69, 9.17) is 4.74 Å². The largest absolute Gasteiger partial charge is 0.449 e. The highest BCUT2D eigenvalue weighted by Crippen LogP contribution is 2.20. The van der Waals surface area contributed by atoms with Crippen molar-refractivity contribution in [3.8, 4) is 0 Å². The molecule has 27 heavy (non-hydrogen) atoms. The Balaban J connectivity index is 2.04. The van der Waals surface area contributed by atoms with Gasteiger partial charge in [0.05, 0.1) is 5.56 Å². The number of esters is 1. The summed E-state index contributed by atoms with van der Waals surface area (Å²) in [6.45, 7) is 4.09. The van der Waals surface area contributed by atoms with Crippen LogP contribution >= 0.6 is 0 Å². The van der Waals surface area contributed by atoms with Gasteiger partial charge in [-0.3, -0.25) is 4.79 Å². The highest BCUT2D eigenvalue weighted by molar-refractivity contribution is 5.99. The van der Waals surface area contributed by atoms with E-state index in [0.717, 1.165) is 25.0 Å². The molecule has 7 heteroatoms. The van der Waals surface area contributed by atoms with Crippen LogP contribution in [-0.2, 0) is 9.53 Å². The second-order valence-electron chi connectivity index (χ2n) is 5.96. The number of halogens is 2. The standard InChI is InChI=1S/C20H22F2N2O3/c1-3-4-12-23-17-11-6-5-8-14(17)20(26)27-13(2)19(25)24-18-15(21)9-7-10-16(18)22/h5-11,13,23H,3-4,12H2,1-2H3,(H,24,25)/t13-/m0/s1. The van der Waals surface area contributed by atoms with Gasteiger partial charge in [-0.15, -0.1) is 0 Å². The fourth-order valence-corrected chi connectivity index (χ4v) is 2.33. The van der Waals surface area contributed by atoms with Crippen LogP contribution in [0.2, 0.25) is 0 Å². The molecule has 0 aromatic heterocycles. The Bertz CT molecular complexity index is 791. The molecule has 2 N–H and O–H groups in total. The summed E-state index contributed by atoms with van der Waals surface area (Å²) >= 11 is 0. The van der Waals surface area contributed by atoms with Crippen LogP contribution in [-0.4, -0.2) is 24.5 Å². The number of unbranched alkanes of at least 4 members (excludes halogenated alkanes) is 1. The zero-order chi connectivity index (χ0) is 19.8. The zero-order valence-electron chi connectivity index (χ0n) is 15.2. The molecule has 2 rings (SSSR count). The van der Waals surface area contributed by atoms with Crippen molar-refractivity contribution in [2.45, 2.75) is 32.8 Å². The van der Waals surface area contributed by atoms with Gasteiger partial charge in [-0.2, -0.15) is 0 Å². The molecule has 0 radical (unpaired) electrons. The minimum Gasteiger partial charge on any atom is -0.449 e. The summed E-state index contributed by atoms with van der Waals surface area (Å²) in [6, 6.07) is 10.0. The van der Waals surface area contributed by atoms with Crippen molar-refractivity contribution in [1.82, 2.24) is 0 Å². The first-order chi connectivity index (χ1) is 12.9. The molecule has 2 aromatic carbocycles. The Hall–Kier alpha value is -2.96. The highest BCUT2D eigenvalue weighted by atomic mass is 19.1. The fraction of sp³-hybridized carbons (Fsp3) is 0.300. The van der Waals surface area contributed by atoms with Gasteiger partial charge in [0.15, 0.2) is 6.10 Å². The lowest BCUT2D eigenvalue weighted by atomic mass is 10.1. The summed E-state index contributed by atoms with van der Waals surface area (Å²) in [5.74, 6) is -3.35. The molecule has 2 aromatic rings. The molecule has 5 nitrogen and oxygen atoms in total. The monoisotopic (exact) mass is 376 g/mol. The van der Waals surface area contributed by atoms with Crippen molar-refractivity contribution in [2.75, 3.05) is 17.2 Å². The van der Waals surface area contributed by atoms with Crippen LogP contribution in [0.1, 0.15) is 37.0 Å². The molecule has 0 unspecified atom stereocenters. The van der Waals surface area contributed by atoms with Crippen LogP contribution in [0.4, 0.5) is 20.2 Å². The first kappa shape index (κ1) is 20.4. The number of carbonyl (C=O) groups excluding carboxylic acids is 2. The topological polar surface area (TPSA) is 67.4 Å². The zero-order valence-corrected chi connectivity index (χ0v) is 15.2. The van der Waals surface area contributed by atoms with Gasteiger partial charge in [0.2, 0.25) is 0 Å². The van der Waals surface area contributed by atoms with E-state index in [1.54, 1.807) is 24.3 Å². The summed E-state index contributed by atoms with van der Waals surface area (Å²) in [4.78, 5) is 24.6. The van der Waals surface area contributed by atoms with E-state index in [2.05, 4.69) is 17.6 Å². The molecule has 1 amide bonds. The molecular formula is C20H22F2N2O3. The van der Waals surface area contributed by atoms with Crippen LogP contribution in [0.25, 0.3) is 0 Å². The van der Waals surface area contributed by atoms with Gasteiger partial charge in [0.1, 0.15) is 17.3 Å². The molecular weight excluding hydrogens is 354 g/mol. The molecule has 0 fully saturated rings. The summed E-state index contributed by atoms with van der Waals surface area (Å²) in [7, 11) is 0. The smallest absolute Gasteiger partial charge is 0.341 e. The molecule has 0 saturated heterocycles. The Morgan fingerprint density at radius 2 is 1.74 bits per heavy atom. The van der Waals surface area contributed by atoms with E-state index in [1.165, 1.54) is 13.0 Å². The van der Waals surface area contributed by atoms with Crippen LogP contribution in [0, 0.1) is 11.6 Å². The Morgan fingerprint density at radius 1 is 1.07 bits per heavy atom. The SMILES string of the molecule is CCCCNc1ccccc1C(=O)O[C@@H](C)C(=O)Nc1c(F)cccc1F. The highest BCUT2D eigenvalue weighted by Gasteiger charge is 2.22. The second kappa shape index (κ2) is 9.66. The first-order valence-electron chi connectivity index (χ1n) is 8.72. The van der Waals surface area contributed by atoms with Crippen molar-refractivity contribution >= 4 is 23.3 Å². The van der Waals surface area contributed by atoms with Crippen LogP contribution < -0.4 is 10.6 Å². The van der Waals surface area contributed by atoms with Crippen molar-refractivity contribution in [3.63, 3.8) is 0 Å². The quantitative estimate of drug-likeness (QED) is 0.531. The molecule has 0 aliphatic carbocycles. The third-order valence-electron chi connectivity index (χ3n) is 3.86. The van der Waals surface area contributed by atoms with E-state index >= 15 is 0 Å². The van der Waals surface area contributed by atoms with Gasteiger partial charge in [-0.25, -0.2) is 13.6 Å². The Kier molecular flexibility index (Phi) is 7.28. The van der Waals surface area contributed by atoms with E-state index < -0.39 is 35.3 Å². The molecule has 0 heterocycles. The van der Waals surface area contributed by atoms with E-state index in [9.17, 15) is 18.4 Å². The predicted octanol–water partition coefficient (Wildman–Crippen LogP) is 4.36. The van der Waals surface area contributed by atoms with E-state index in [1.807, 2.05) is 0 Å². The minimum absolute atomic E-state index is 0.283. The van der Waals surface area contributed by atoms with Crippen LogP contribution in [0.5, 0.6) is 0 Å². The third kappa shape index (κ3) is 5.51. The lowest BCUT2D eigenvalue weighted by Crippen LogP contribution is -2.30. The Morgan fingerprint density at radius 3 is 2.41 bits per heavy atom. The van der Waals surface area contributed by atoms with Gasteiger partial charge in [-0.05, 0) is 37.6 Å². The number of hydrogen-bond acceptors (Lipinski definition) is 4. The number of rotatable bonds is 8. The molecule has 0 aliphatic rings. The predicted molar refractivity (Wildman–Crippen MR) is 99.7 cm³/mol. The maximum absolute atomic E-state index is 13.6. The van der Waals surface area contributed by atoms with Gasteiger partial charge < -0.3 is 15.4 Å². The lowest BCUT2D eigenvalue weighted by Gasteiger charge is -2.16. The van der Waals surface area contributed by atoms with Crippen molar-refractivity contribution in [2.24, 2.45) is 0 Å². The number of amides is 1. The number of ether oxygens (including phenoxy) is 1. The van der Waals surface area contributed by atoms with Gasteiger partial charge >= 0.3 is 5.97 Å².